The number of halogens is 2. The predicted molar refractivity (Wildman–Crippen MR) is 141 cm³/mol. The quantitative estimate of drug-likeness (QED) is 0.369. The van der Waals surface area contributed by atoms with Gasteiger partial charge in [0.15, 0.2) is 0 Å². The van der Waals surface area contributed by atoms with Crippen LogP contribution in [0, 0.1) is 0 Å². The molecule has 0 heterocycles. The third kappa shape index (κ3) is 7.01. The van der Waals surface area contributed by atoms with Crippen LogP contribution in [0.3, 0.4) is 0 Å². The van der Waals surface area contributed by atoms with Crippen LogP contribution in [-0.4, -0.2) is 44.3 Å². The summed E-state index contributed by atoms with van der Waals surface area (Å²) in [6, 6.07) is 22.3. The molecule has 3 rings (SSSR count). The lowest BCUT2D eigenvalue weighted by Crippen LogP contribution is -2.59. The van der Waals surface area contributed by atoms with Crippen LogP contribution in [0.2, 0.25) is 0 Å². The molecule has 0 bridgehead atoms. The van der Waals surface area contributed by atoms with Crippen LogP contribution in [0.15, 0.2) is 95.9 Å². The molecular weight excluding hydrogens is 518 g/mol. The molecule has 0 fully saturated rings. The van der Waals surface area contributed by atoms with Crippen molar-refractivity contribution in [3.63, 3.8) is 0 Å². The number of benzene rings is 3. The molecule has 200 valence electrons. The number of sulfonamides is 1. The molecule has 0 radical (unpaired) electrons. The molecule has 37 heavy (non-hydrogen) atoms. The van der Waals surface area contributed by atoms with E-state index in [0.29, 0.717) is 0 Å². The molecule has 0 saturated heterocycles. The van der Waals surface area contributed by atoms with Crippen molar-refractivity contribution in [1.82, 2.24) is 9.62 Å². The maximum atomic E-state index is 16.0. The van der Waals surface area contributed by atoms with Gasteiger partial charge in [0, 0.05) is 19.6 Å². The van der Waals surface area contributed by atoms with Gasteiger partial charge in [-0.05, 0) is 44.0 Å². The summed E-state index contributed by atoms with van der Waals surface area (Å²) >= 11 is 0. The zero-order valence-corrected chi connectivity index (χ0v) is 22.6. The predicted octanol–water partition coefficient (Wildman–Crippen LogP) is 4.84. The monoisotopic (exact) mass is 550 g/mol. The fraction of sp³-hybridized carbons (Fsp3) is 0.333. The van der Waals surface area contributed by atoms with Crippen LogP contribution in [0.4, 0.5) is 8.78 Å². The summed E-state index contributed by atoms with van der Waals surface area (Å²) in [5, 5.41) is -4.45. The van der Waals surface area contributed by atoms with Crippen molar-refractivity contribution >= 4 is 19.9 Å². The minimum Gasteiger partial charge on any atom is -0.293 e. The van der Waals surface area contributed by atoms with Gasteiger partial charge in [-0.15, -0.1) is 0 Å². The number of sulfone groups is 1. The van der Waals surface area contributed by atoms with Crippen molar-refractivity contribution in [3.05, 3.63) is 102 Å². The van der Waals surface area contributed by atoms with E-state index < -0.39 is 47.3 Å². The molecule has 1 atom stereocenters. The topological polar surface area (TPSA) is 83.6 Å². The molecule has 0 amide bonds. The fourth-order valence-electron chi connectivity index (χ4n) is 3.65. The lowest BCUT2D eigenvalue weighted by molar-refractivity contribution is 0.0367. The minimum absolute atomic E-state index is 0.199. The summed E-state index contributed by atoms with van der Waals surface area (Å²) in [5.41, 5.74) is 1.62. The molecule has 0 unspecified atom stereocenters. The van der Waals surface area contributed by atoms with Crippen molar-refractivity contribution < 1.29 is 25.6 Å². The van der Waals surface area contributed by atoms with Gasteiger partial charge in [0.2, 0.25) is 19.9 Å². The summed E-state index contributed by atoms with van der Waals surface area (Å²) < 4.78 is 84.8. The number of rotatable bonds is 11. The summed E-state index contributed by atoms with van der Waals surface area (Å²) in [4.78, 5) is 1.03. The van der Waals surface area contributed by atoms with Gasteiger partial charge in [-0.1, -0.05) is 78.9 Å². The molecule has 6 nitrogen and oxygen atoms in total. The van der Waals surface area contributed by atoms with Crippen molar-refractivity contribution in [3.8, 4) is 0 Å². The summed E-state index contributed by atoms with van der Waals surface area (Å²) in [6.07, 6.45) is 0. The Morgan fingerprint density at radius 3 is 1.54 bits per heavy atom. The smallest absolute Gasteiger partial charge is 0.293 e. The van der Waals surface area contributed by atoms with Gasteiger partial charge in [0.05, 0.1) is 9.64 Å². The van der Waals surface area contributed by atoms with Crippen molar-refractivity contribution in [1.29, 1.82) is 0 Å². The van der Waals surface area contributed by atoms with Crippen LogP contribution in [0.1, 0.15) is 31.9 Å². The molecule has 10 heteroatoms. The second-order valence-electron chi connectivity index (χ2n) is 9.81. The maximum Gasteiger partial charge on any atom is 0.367 e. The van der Waals surface area contributed by atoms with E-state index in [9.17, 15) is 16.8 Å². The highest BCUT2D eigenvalue weighted by Crippen LogP contribution is 2.34. The Labute approximate surface area is 218 Å². The number of nitrogens with zero attached hydrogens (tertiary/aromatic N) is 1. The van der Waals surface area contributed by atoms with Gasteiger partial charge >= 0.3 is 5.25 Å². The lowest BCUT2D eigenvalue weighted by Gasteiger charge is -2.34. The first-order chi connectivity index (χ1) is 17.2. The van der Waals surface area contributed by atoms with Crippen molar-refractivity contribution in [2.24, 2.45) is 0 Å². The SMILES string of the molecule is CC(C)(C)S(=O)(=O)N[C@@H](CN(Cc1ccccc1)Cc1ccccc1)C(F)(F)S(=O)(=O)c1ccccc1. The number of nitrogens with one attached hydrogen (secondary N) is 1. The molecule has 0 saturated carbocycles. The molecule has 0 aromatic heterocycles. The van der Waals surface area contributed by atoms with Gasteiger partial charge in [0.25, 0.3) is 0 Å². The third-order valence-electron chi connectivity index (χ3n) is 5.86. The van der Waals surface area contributed by atoms with E-state index in [4.69, 9.17) is 0 Å². The van der Waals surface area contributed by atoms with E-state index in [-0.39, 0.29) is 13.1 Å². The average Bonchev–Trinajstić information content (AvgIpc) is 2.84. The van der Waals surface area contributed by atoms with Gasteiger partial charge < -0.3 is 0 Å². The Bertz CT molecular complexity index is 1320. The molecule has 3 aromatic rings. The number of hydrogen-bond acceptors (Lipinski definition) is 5. The Balaban J connectivity index is 2.06. The second kappa shape index (κ2) is 11.4. The van der Waals surface area contributed by atoms with Crippen LogP contribution < -0.4 is 4.72 Å². The molecule has 0 aliphatic carbocycles. The standard InChI is InChI=1S/C27H32F2N2O4S2/c1-26(2,3)37(34,35)30-25(27(28,29)36(32,33)24-17-11-6-12-18-24)21-31(19-22-13-7-4-8-14-22)20-23-15-9-5-10-16-23/h4-18,25,30H,19-21H2,1-3H3/t25-/m0/s1. The zero-order valence-electron chi connectivity index (χ0n) is 21.0. The minimum atomic E-state index is -5.23. The normalized spacial score (nSPS) is 14.0. The van der Waals surface area contributed by atoms with Crippen LogP contribution in [-0.2, 0) is 33.0 Å². The highest BCUT2D eigenvalue weighted by atomic mass is 32.2. The van der Waals surface area contributed by atoms with E-state index >= 15 is 8.78 Å². The highest BCUT2D eigenvalue weighted by Gasteiger charge is 2.55. The zero-order chi connectivity index (χ0) is 27.3. The second-order valence-corrected chi connectivity index (χ2v) is 14.3. The molecule has 3 aromatic carbocycles. The Kier molecular flexibility index (Phi) is 8.89. The highest BCUT2D eigenvalue weighted by molar-refractivity contribution is 7.93. The van der Waals surface area contributed by atoms with Gasteiger partial charge in [-0.2, -0.15) is 8.78 Å². The van der Waals surface area contributed by atoms with E-state index in [1.54, 1.807) is 4.90 Å². The number of hydrogen-bond donors (Lipinski definition) is 1. The van der Waals surface area contributed by atoms with Crippen molar-refractivity contribution in [2.75, 3.05) is 6.54 Å². The summed E-state index contributed by atoms with van der Waals surface area (Å²) in [7, 11) is -9.57. The van der Waals surface area contributed by atoms with Gasteiger partial charge in [0.1, 0.15) is 6.04 Å². The first-order valence-electron chi connectivity index (χ1n) is 11.7. The van der Waals surface area contributed by atoms with Crippen LogP contribution in [0.25, 0.3) is 0 Å². The number of alkyl halides is 2. The van der Waals surface area contributed by atoms with E-state index in [2.05, 4.69) is 4.72 Å². The Morgan fingerprint density at radius 1 is 0.730 bits per heavy atom. The van der Waals surface area contributed by atoms with E-state index in [0.717, 1.165) is 23.3 Å². The fourth-order valence-corrected chi connectivity index (χ4v) is 6.01. The van der Waals surface area contributed by atoms with Crippen molar-refractivity contribution in [2.45, 2.75) is 54.8 Å². The van der Waals surface area contributed by atoms with E-state index in [1.165, 1.54) is 39.0 Å². The first kappa shape index (κ1) is 28.9. The maximum absolute atomic E-state index is 16.0. The van der Waals surface area contributed by atoms with Crippen LogP contribution in [0.5, 0.6) is 0 Å². The van der Waals surface area contributed by atoms with Gasteiger partial charge in [-0.3, -0.25) is 4.90 Å². The average molecular weight is 551 g/mol. The molecule has 1 N–H and O–H groups in total. The summed E-state index contributed by atoms with van der Waals surface area (Å²) in [5.74, 6) is 0. The lowest BCUT2D eigenvalue weighted by atomic mass is 10.1. The Morgan fingerprint density at radius 2 is 1.14 bits per heavy atom. The third-order valence-corrected chi connectivity index (χ3v) is 9.96. The molecule has 0 spiro atoms. The first-order valence-corrected chi connectivity index (χ1v) is 14.7. The van der Waals surface area contributed by atoms with E-state index in [1.807, 2.05) is 60.7 Å². The molecular formula is C27H32F2N2O4S2. The van der Waals surface area contributed by atoms with Gasteiger partial charge in [-0.25, -0.2) is 21.6 Å². The largest absolute Gasteiger partial charge is 0.367 e. The molecule has 0 aliphatic rings. The summed E-state index contributed by atoms with van der Waals surface area (Å²) in [6.45, 7) is 3.93. The molecule has 0 aliphatic heterocycles. The Hall–Kier alpha value is -2.66. The van der Waals surface area contributed by atoms with Crippen LogP contribution >= 0.6 is 0 Å².